The number of amides is 1. The Bertz CT molecular complexity index is 424. The quantitative estimate of drug-likeness (QED) is 0.757. The molecule has 1 unspecified atom stereocenters. The first kappa shape index (κ1) is 15.8. The van der Waals surface area contributed by atoms with Crippen molar-refractivity contribution in [3.8, 4) is 0 Å². The van der Waals surface area contributed by atoms with E-state index in [1.54, 1.807) is 7.11 Å². The summed E-state index contributed by atoms with van der Waals surface area (Å²) in [6, 6.07) is 5.36. The molecule has 106 valence electrons. The van der Waals surface area contributed by atoms with Crippen molar-refractivity contribution >= 4 is 23.2 Å². The van der Waals surface area contributed by atoms with E-state index >= 15 is 0 Å². The van der Waals surface area contributed by atoms with E-state index in [0.717, 1.165) is 17.7 Å². The molecular formula is C14H21ClN2O2. The molecule has 1 aromatic carbocycles. The summed E-state index contributed by atoms with van der Waals surface area (Å²) in [6.45, 7) is 5.03. The summed E-state index contributed by atoms with van der Waals surface area (Å²) >= 11 is 6.04. The third-order valence-corrected chi connectivity index (χ3v) is 3.18. The number of halogens is 1. The van der Waals surface area contributed by atoms with Gasteiger partial charge in [-0.2, -0.15) is 0 Å². The fourth-order valence-corrected chi connectivity index (χ4v) is 1.76. The van der Waals surface area contributed by atoms with E-state index in [2.05, 4.69) is 10.6 Å². The molecule has 0 bridgehead atoms. The molecular weight excluding hydrogens is 264 g/mol. The normalized spacial score (nSPS) is 12.0. The van der Waals surface area contributed by atoms with Crippen molar-refractivity contribution in [1.82, 2.24) is 5.32 Å². The van der Waals surface area contributed by atoms with Crippen LogP contribution in [0.4, 0.5) is 5.69 Å². The summed E-state index contributed by atoms with van der Waals surface area (Å²) in [5.74, 6) is -0.0344. The van der Waals surface area contributed by atoms with Crippen molar-refractivity contribution in [3.63, 3.8) is 0 Å². The minimum atomic E-state index is -0.304. The molecule has 2 N–H and O–H groups in total. The number of hydrogen-bond donors (Lipinski definition) is 2. The second-order valence-electron chi connectivity index (χ2n) is 4.47. The molecule has 19 heavy (non-hydrogen) atoms. The number of carbonyl (C=O) groups excluding carboxylic acids is 1. The van der Waals surface area contributed by atoms with Crippen LogP contribution in [0.2, 0.25) is 5.02 Å². The highest BCUT2D eigenvalue weighted by Crippen LogP contribution is 2.20. The van der Waals surface area contributed by atoms with Gasteiger partial charge in [0.05, 0.1) is 0 Å². The van der Waals surface area contributed by atoms with Gasteiger partial charge in [0.2, 0.25) is 5.91 Å². The first-order chi connectivity index (χ1) is 9.04. The molecule has 0 saturated heterocycles. The number of ether oxygens (including phenoxy) is 1. The minimum Gasteiger partial charge on any atom is -0.385 e. The van der Waals surface area contributed by atoms with Gasteiger partial charge in [0, 0.05) is 31.0 Å². The lowest BCUT2D eigenvalue weighted by Crippen LogP contribution is -2.38. The van der Waals surface area contributed by atoms with Crippen molar-refractivity contribution in [3.05, 3.63) is 28.8 Å². The third-order valence-electron chi connectivity index (χ3n) is 2.77. The van der Waals surface area contributed by atoms with Gasteiger partial charge < -0.3 is 15.4 Å². The second kappa shape index (κ2) is 8.02. The summed E-state index contributed by atoms with van der Waals surface area (Å²) in [7, 11) is 1.65. The van der Waals surface area contributed by atoms with Gasteiger partial charge in [0.1, 0.15) is 6.04 Å². The van der Waals surface area contributed by atoms with E-state index in [4.69, 9.17) is 16.3 Å². The van der Waals surface area contributed by atoms with Crippen molar-refractivity contribution in [2.75, 3.05) is 25.6 Å². The van der Waals surface area contributed by atoms with Crippen LogP contribution >= 0.6 is 11.6 Å². The van der Waals surface area contributed by atoms with Gasteiger partial charge in [-0.15, -0.1) is 0 Å². The van der Waals surface area contributed by atoms with Crippen molar-refractivity contribution in [1.29, 1.82) is 0 Å². The maximum absolute atomic E-state index is 11.8. The SMILES string of the molecule is COCCCNC(=O)C(C)Nc1ccc(C)c(Cl)c1. The number of rotatable bonds is 7. The van der Waals surface area contributed by atoms with Crippen LogP contribution in [0.15, 0.2) is 18.2 Å². The maximum atomic E-state index is 11.8. The second-order valence-corrected chi connectivity index (χ2v) is 4.87. The maximum Gasteiger partial charge on any atom is 0.242 e. The first-order valence-corrected chi connectivity index (χ1v) is 6.71. The Kier molecular flexibility index (Phi) is 6.67. The third kappa shape index (κ3) is 5.49. The lowest BCUT2D eigenvalue weighted by atomic mass is 10.2. The zero-order valence-corrected chi connectivity index (χ0v) is 12.4. The number of methoxy groups -OCH3 is 1. The van der Waals surface area contributed by atoms with Crippen LogP contribution in [0.1, 0.15) is 18.9 Å². The van der Waals surface area contributed by atoms with Gasteiger partial charge in [0.15, 0.2) is 0 Å². The van der Waals surface area contributed by atoms with Gasteiger partial charge in [0.25, 0.3) is 0 Å². The number of hydrogen-bond acceptors (Lipinski definition) is 3. The first-order valence-electron chi connectivity index (χ1n) is 6.34. The number of benzene rings is 1. The molecule has 0 aromatic heterocycles. The molecule has 0 heterocycles. The Morgan fingerprint density at radius 2 is 2.21 bits per heavy atom. The molecule has 1 atom stereocenters. The van der Waals surface area contributed by atoms with E-state index < -0.39 is 0 Å². The molecule has 0 saturated carbocycles. The monoisotopic (exact) mass is 284 g/mol. The van der Waals surface area contributed by atoms with Crippen LogP contribution in [-0.4, -0.2) is 32.2 Å². The van der Waals surface area contributed by atoms with Gasteiger partial charge in [-0.25, -0.2) is 0 Å². The Hall–Kier alpha value is -1.26. The average Bonchev–Trinajstić information content (AvgIpc) is 2.38. The van der Waals surface area contributed by atoms with Crippen LogP contribution in [-0.2, 0) is 9.53 Å². The fraction of sp³-hybridized carbons (Fsp3) is 0.500. The lowest BCUT2D eigenvalue weighted by Gasteiger charge is -2.15. The van der Waals surface area contributed by atoms with Crippen LogP contribution in [0.3, 0.4) is 0 Å². The number of aryl methyl sites for hydroxylation is 1. The van der Waals surface area contributed by atoms with Crippen molar-refractivity contribution in [2.24, 2.45) is 0 Å². The van der Waals surface area contributed by atoms with Crippen molar-refractivity contribution < 1.29 is 9.53 Å². The summed E-state index contributed by atoms with van der Waals surface area (Å²) in [5, 5.41) is 6.66. The largest absolute Gasteiger partial charge is 0.385 e. The molecule has 4 nitrogen and oxygen atoms in total. The molecule has 0 spiro atoms. The van der Waals surface area contributed by atoms with E-state index in [9.17, 15) is 4.79 Å². The van der Waals surface area contributed by atoms with Gasteiger partial charge in [-0.05, 0) is 38.0 Å². The van der Waals surface area contributed by atoms with Crippen molar-refractivity contribution in [2.45, 2.75) is 26.3 Å². The highest BCUT2D eigenvalue weighted by molar-refractivity contribution is 6.31. The Morgan fingerprint density at radius 1 is 1.47 bits per heavy atom. The Labute approximate surface area is 119 Å². The van der Waals surface area contributed by atoms with E-state index in [-0.39, 0.29) is 11.9 Å². The summed E-state index contributed by atoms with van der Waals surface area (Å²) < 4.78 is 4.92. The topological polar surface area (TPSA) is 50.4 Å². The summed E-state index contributed by atoms with van der Waals surface area (Å²) in [6.07, 6.45) is 0.811. The van der Waals surface area contributed by atoms with Crippen LogP contribution in [0.25, 0.3) is 0 Å². The van der Waals surface area contributed by atoms with Crippen LogP contribution in [0, 0.1) is 6.92 Å². The molecule has 0 aliphatic carbocycles. The van der Waals surface area contributed by atoms with Gasteiger partial charge in [-0.1, -0.05) is 17.7 Å². The van der Waals surface area contributed by atoms with Crippen LogP contribution in [0.5, 0.6) is 0 Å². The Balaban J connectivity index is 2.42. The van der Waals surface area contributed by atoms with E-state index in [0.29, 0.717) is 18.2 Å². The lowest BCUT2D eigenvalue weighted by molar-refractivity contribution is -0.121. The van der Waals surface area contributed by atoms with Gasteiger partial charge >= 0.3 is 0 Å². The zero-order valence-electron chi connectivity index (χ0n) is 11.6. The highest BCUT2D eigenvalue weighted by atomic mass is 35.5. The molecule has 1 rings (SSSR count). The molecule has 1 amide bonds. The molecule has 0 aliphatic heterocycles. The van der Waals surface area contributed by atoms with E-state index in [1.807, 2.05) is 32.0 Å². The molecule has 0 fully saturated rings. The molecule has 0 radical (unpaired) electrons. The highest BCUT2D eigenvalue weighted by Gasteiger charge is 2.12. The van der Waals surface area contributed by atoms with E-state index in [1.165, 1.54) is 0 Å². The summed E-state index contributed by atoms with van der Waals surface area (Å²) in [5.41, 5.74) is 1.86. The fourth-order valence-electron chi connectivity index (χ4n) is 1.58. The molecule has 0 aliphatic rings. The Morgan fingerprint density at radius 3 is 2.84 bits per heavy atom. The predicted octanol–water partition coefficient (Wildman–Crippen LogP) is 2.60. The van der Waals surface area contributed by atoms with Crippen LogP contribution < -0.4 is 10.6 Å². The number of carbonyl (C=O) groups is 1. The minimum absolute atomic E-state index is 0.0344. The van der Waals surface area contributed by atoms with Gasteiger partial charge in [-0.3, -0.25) is 4.79 Å². The number of nitrogens with one attached hydrogen (secondary N) is 2. The molecule has 5 heteroatoms. The average molecular weight is 285 g/mol. The number of anilines is 1. The zero-order chi connectivity index (χ0) is 14.3. The smallest absolute Gasteiger partial charge is 0.242 e. The standard InChI is InChI=1S/C14H21ClN2O2/c1-10-5-6-12(9-13(10)15)17-11(2)14(18)16-7-4-8-19-3/h5-6,9,11,17H,4,7-8H2,1-3H3,(H,16,18). The predicted molar refractivity (Wildman–Crippen MR) is 78.8 cm³/mol. The summed E-state index contributed by atoms with van der Waals surface area (Å²) in [4.78, 5) is 11.8. The molecule has 1 aromatic rings.